The minimum absolute atomic E-state index is 0.104. The lowest BCUT2D eigenvalue weighted by Gasteiger charge is -2.36. The summed E-state index contributed by atoms with van der Waals surface area (Å²) in [4.78, 5) is 13.5. The van der Waals surface area contributed by atoms with Crippen molar-refractivity contribution in [3.63, 3.8) is 0 Å². The molecule has 4 nitrogen and oxygen atoms in total. The van der Waals surface area contributed by atoms with E-state index in [-0.39, 0.29) is 18.3 Å². The third kappa shape index (κ3) is 2.94. The quantitative estimate of drug-likeness (QED) is 0.817. The van der Waals surface area contributed by atoms with Gasteiger partial charge in [0.1, 0.15) is 18.1 Å². The zero-order chi connectivity index (χ0) is 15.5. The average molecular weight is 301 g/mol. The molecule has 3 rings (SSSR count). The van der Waals surface area contributed by atoms with Crippen LogP contribution in [-0.4, -0.2) is 24.5 Å². The number of carbonyl (C=O) groups is 1. The Kier molecular flexibility index (Phi) is 4.06. The number of hydrogen-bond acceptors (Lipinski definition) is 4. The number of hydrogen-bond donors (Lipinski definition) is 0. The van der Waals surface area contributed by atoms with Gasteiger partial charge in [0, 0.05) is 17.7 Å². The van der Waals surface area contributed by atoms with Crippen molar-refractivity contribution in [3.05, 3.63) is 65.5 Å². The van der Waals surface area contributed by atoms with Gasteiger partial charge in [0.05, 0.1) is 7.11 Å². The van der Waals surface area contributed by atoms with Crippen LogP contribution in [0.3, 0.4) is 0 Å². The summed E-state index contributed by atoms with van der Waals surface area (Å²) in [6.45, 7) is 0.667. The van der Waals surface area contributed by atoms with E-state index in [4.69, 9.17) is 9.47 Å². The second-order valence-electron chi connectivity index (χ2n) is 5.11. The predicted octanol–water partition coefficient (Wildman–Crippen LogP) is 2.89. The van der Waals surface area contributed by atoms with Gasteiger partial charge in [-0.05, 0) is 18.2 Å². The first kappa shape index (κ1) is 14.5. The first-order chi connectivity index (χ1) is 10.7. The molecule has 114 valence electrons. The molecule has 1 heterocycles. The van der Waals surface area contributed by atoms with Gasteiger partial charge in [-0.3, -0.25) is 4.79 Å². The predicted molar refractivity (Wildman–Crippen MR) is 78.6 cm³/mol. The maximum Gasteiger partial charge on any atom is 0.320 e. The Bertz CT molecular complexity index is 672. The molecular formula is C17H16FNO3. The molecular weight excluding hydrogens is 285 g/mol. The van der Waals surface area contributed by atoms with Gasteiger partial charge >= 0.3 is 5.97 Å². The SMILES string of the molecule is COC(=O)CN1Cc2ccccc2OC1c1ccc(F)cc1. The molecule has 1 aliphatic rings. The molecule has 0 saturated carbocycles. The van der Waals surface area contributed by atoms with Gasteiger partial charge in [-0.2, -0.15) is 0 Å². The van der Waals surface area contributed by atoms with Gasteiger partial charge in [0.25, 0.3) is 0 Å². The van der Waals surface area contributed by atoms with E-state index >= 15 is 0 Å². The lowest BCUT2D eigenvalue weighted by atomic mass is 10.1. The number of esters is 1. The maximum absolute atomic E-state index is 13.1. The van der Waals surface area contributed by atoms with E-state index in [1.54, 1.807) is 12.1 Å². The highest BCUT2D eigenvalue weighted by atomic mass is 19.1. The Labute approximate surface area is 128 Å². The minimum Gasteiger partial charge on any atom is -0.471 e. The molecule has 0 aromatic heterocycles. The summed E-state index contributed by atoms with van der Waals surface area (Å²) in [5.41, 5.74) is 1.80. The van der Waals surface area contributed by atoms with E-state index in [0.29, 0.717) is 6.54 Å². The monoisotopic (exact) mass is 301 g/mol. The van der Waals surface area contributed by atoms with Gasteiger partial charge in [0.2, 0.25) is 0 Å². The lowest BCUT2D eigenvalue weighted by molar-refractivity contribution is -0.145. The number of fused-ring (bicyclic) bond motifs is 1. The number of methoxy groups -OCH3 is 1. The number of carbonyl (C=O) groups excluding carboxylic acids is 1. The van der Waals surface area contributed by atoms with Gasteiger partial charge in [-0.1, -0.05) is 30.3 Å². The molecule has 1 atom stereocenters. The van der Waals surface area contributed by atoms with Crippen molar-refractivity contribution in [2.45, 2.75) is 12.8 Å². The fourth-order valence-corrected chi connectivity index (χ4v) is 2.52. The number of halogens is 1. The van der Waals surface area contributed by atoms with Crippen molar-refractivity contribution < 1.29 is 18.7 Å². The van der Waals surface area contributed by atoms with Crippen LogP contribution in [0, 0.1) is 5.82 Å². The van der Waals surface area contributed by atoms with Crippen molar-refractivity contribution in [2.75, 3.05) is 13.7 Å². The molecule has 0 spiro atoms. The van der Waals surface area contributed by atoms with Gasteiger partial charge in [0.15, 0.2) is 6.23 Å². The maximum atomic E-state index is 13.1. The number of benzene rings is 2. The molecule has 0 N–H and O–H groups in total. The van der Waals surface area contributed by atoms with E-state index in [0.717, 1.165) is 16.9 Å². The van der Waals surface area contributed by atoms with Gasteiger partial charge < -0.3 is 9.47 Å². The van der Waals surface area contributed by atoms with Crippen molar-refractivity contribution >= 4 is 5.97 Å². The zero-order valence-corrected chi connectivity index (χ0v) is 12.2. The van der Waals surface area contributed by atoms with Crippen LogP contribution in [0.2, 0.25) is 0 Å². The van der Waals surface area contributed by atoms with Crippen molar-refractivity contribution in [1.29, 1.82) is 0 Å². The second-order valence-corrected chi connectivity index (χ2v) is 5.11. The van der Waals surface area contributed by atoms with Crippen LogP contribution in [0.1, 0.15) is 17.4 Å². The van der Waals surface area contributed by atoms with Crippen molar-refractivity contribution in [3.8, 4) is 5.75 Å². The lowest BCUT2D eigenvalue weighted by Crippen LogP contribution is -2.39. The Morgan fingerprint density at radius 2 is 2.00 bits per heavy atom. The summed E-state index contributed by atoms with van der Waals surface area (Å²) < 4.78 is 23.9. The largest absolute Gasteiger partial charge is 0.471 e. The summed E-state index contributed by atoms with van der Waals surface area (Å²) in [7, 11) is 1.36. The van der Waals surface area contributed by atoms with E-state index < -0.39 is 6.23 Å². The molecule has 0 bridgehead atoms. The third-order valence-corrected chi connectivity index (χ3v) is 3.63. The summed E-state index contributed by atoms with van der Waals surface area (Å²) in [5, 5.41) is 0. The highest BCUT2D eigenvalue weighted by Crippen LogP contribution is 2.34. The van der Waals surface area contributed by atoms with Crippen LogP contribution in [0.5, 0.6) is 5.75 Å². The van der Waals surface area contributed by atoms with Crippen LogP contribution in [0.15, 0.2) is 48.5 Å². The van der Waals surface area contributed by atoms with Crippen molar-refractivity contribution in [2.24, 2.45) is 0 Å². The highest BCUT2D eigenvalue weighted by molar-refractivity contribution is 5.71. The number of nitrogens with zero attached hydrogens (tertiary/aromatic N) is 1. The standard InChI is InChI=1S/C17H16FNO3/c1-21-16(20)11-19-10-13-4-2-3-5-15(13)22-17(19)12-6-8-14(18)9-7-12/h2-9,17H,10-11H2,1H3. The number of ether oxygens (including phenoxy) is 2. The summed E-state index contributed by atoms with van der Waals surface area (Å²) in [5.74, 6) is 0.132. The molecule has 0 aliphatic carbocycles. The Morgan fingerprint density at radius 3 is 2.73 bits per heavy atom. The van der Waals surface area contributed by atoms with Crippen LogP contribution in [0.4, 0.5) is 4.39 Å². The minimum atomic E-state index is -0.449. The van der Waals surface area contributed by atoms with E-state index in [1.807, 2.05) is 29.2 Å². The zero-order valence-electron chi connectivity index (χ0n) is 12.2. The van der Waals surface area contributed by atoms with Crippen molar-refractivity contribution in [1.82, 2.24) is 4.90 Å². The molecule has 0 amide bonds. The molecule has 0 fully saturated rings. The first-order valence-corrected chi connectivity index (χ1v) is 6.98. The second kappa shape index (κ2) is 6.15. The molecule has 2 aromatic carbocycles. The molecule has 0 saturated heterocycles. The topological polar surface area (TPSA) is 38.8 Å². The molecule has 0 radical (unpaired) electrons. The average Bonchev–Trinajstić information content (AvgIpc) is 2.55. The fraction of sp³-hybridized carbons (Fsp3) is 0.235. The summed E-state index contributed by atoms with van der Waals surface area (Å²) >= 11 is 0. The molecule has 5 heteroatoms. The Morgan fingerprint density at radius 1 is 1.27 bits per heavy atom. The number of para-hydroxylation sites is 1. The smallest absolute Gasteiger partial charge is 0.320 e. The summed E-state index contributed by atoms with van der Waals surface area (Å²) in [6, 6.07) is 13.8. The first-order valence-electron chi connectivity index (χ1n) is 6.98. The Balaban J connectivity index is 1.93. The molecule has 1 aliphatic heterocycles. The normalized spacial score (nSPS) is 17.5. The van der Waals surface area contributed by atoms with E-state index in [1.165, 1.54) is 19.2 Å². The fourth-order valence-electron chi connectivity index (χ4n) is 2.52. The van der Waals surface area contributed by atoms with Crippen LogP contribution in [-0.2, 0) is 16.1 Å². The third-order valence-electron chi connectivity index (χ3n) is 3.63. The van der Waals surface area contributed by atoms with Crippen LogP contribution >= 0.6 is 0 Å². The van der Waals surface area contributed by atoms with Crippen LogP contribution in [0.25, 0.3) is 0 Å². The van der Waals surface area contributed by atoms with E-state index in [9.17, 15) is 9.18 Å². The summed E-state index contributed by atoms with van der Waals surface area (Å²) in [6.07, 6.45) is -0.449. The van der Waals surface area contributed by atoms with E-state index in [2.05, 4.69) is 0 Å². The molecule has 1 unspecified atom stereocenters. The number of rotatable bonds is 3. The Hall–Kier alpha value is -2.40. The van der Waals surface area contributed by atoms with Gasteiger partial charge in [-0.15, -0.1) is 0 Å². The molecule has 22 heavy (non-hydrogen) atoms. The molecule has 2 aromatic rings. The van der Waals surface area contributed by atoms with Crippen LogP contribution < -0.4 is 4.74 Å². The highest BCUT2D eigenvalue weighted by Gasteiger charge is 2.30. The van der Waals surface area contributed by atoms with Gasteiger partial charge in [-0.25, -0.2) is 9.29 Å².